The fourth-order valence-electron chi connectivity index (χ4n) is 3.43. The van der Waals surface area contributed by atoms with Crippen molar-refractivity contribution >= 4 is 23.6 Å². The second-order valence-electron chi connectivity index (χ2n) is 6.95. The van der Waals surface area contributed by atoms with Gasteiger partial charge in [-0.15, -0.1) is 0 Å². The van der Waals surface area contributed by atoms with Crippen LogP contribution in [0.2, 0.25) is 0 Å². The van der Waals surface area contributed by atoms with Crippen molar-refractivity contribution in [3.63, 3.8) is 0 Å². The molecule has 0 saturated carbocycles. The van der Waals surface area contributed by atoms with E-state index in [0.717, 1.165) is 25.8 Å². The first-order valence-electron chi connectivity index (χ1n) is 9.63. The van der Waals surface area contributed by atoms with Crippen LogP contribution in [0.3, 0.4) is 0 Å². The van der Waals surface area contributed by atoms with Gasteiger partial charge in [0.15, 0.2) is 0 Å². The highest BCUT2D eigenvalue weighted by Gasteiger charge is 2.28. The maximum absolute atomic E-state index is 12.7. The number of ether oxygens (including phenoxy) is 1. The van der Waals surface area contributed by atoms with Crippen molar-refractivity contribution in [1.29, 1.82) is 0 Å². The van der Waals surface area contributed by atoms with Crippen LogP contribution >= 0.6 is 0 Å². The fourth-order valence-corrected chi connectivity index (χ4v) is 3.43. The lowest BCUT2D eigenvalue weighted by Gasteiger charge is -2.25. The Morgan fingerprint density at radius 3 is 2.48 bits per heavy atom. The van der Waals surface area contributed by atoms with E-state index in [2.05, 4.69) is 27.5 Å². The molecule has 1 heterocycles. The van der Waals surface area contributed by atoms with E-state index in [4.69, 9.17) is 0 Å². The van der Waals surface area contributed by atoms with Crippen LogP contribution in [-0.2, 0) is 16.0 Å². The summed E-state index contributed by atoms with van der Waals surface area (Å²) in [7, 11) is 1.26. The Hall–Kier alpha value is -3.35. The molecule has 2 aromatic carbocycles. The van der Waals surface area contributed by atoms with Gasteiger partial charge in [-0.3, -0.25) is 9.59 Å². The summed E-state index contributed by atoms with van der Waals surface area (Å²) in [5.74, 6) is -0.895. The number of likely N-dealkylation sites (tertiary alicyclic amines) is 1. The van der Waals surface area contributed by atoms with E-state index in [1.54, 1.807) is 24.3 Å². The van der Waals surface area contributed by atoms with Crippen LogP contribution in [0.4, 0.5) is 10.5 Å². The van der Waals surface area contributed by atoms with Gasteiger partial charge in [0.1, 0.15) is 6.54 Å². The van der Waals surface area contributed by atoms with Crippen molar-refractivity contribution in [3.8, 4) is 0 Å². The molecule has 0 bridgehead atoms. The Kier molecular flexibility index (Phi) is 6.84. The number of rotatable bonds is 6. The van der Waals surface area contributed by atoms with Crippen molar-refractivity contribution in [2.75, 3.05) is 25.5 Å². The zero-order chi connectivity index (χ0) is 20.6. The number of anilines is 1. The van der Waals surface area contributed by atoms with E-state index in [1.807, 2.05) is 23.1 Å². The number of amides is 3. The molecule has 0 unspecified atom stereocenters. The average Bonchev–Trinajstić information content (AvgIpc) is 3.21. The second-order valence-corrected chi connectivity index (χ2v) is 6.95. The highest BCUT2D eigenvalue weighted by Crippen LogP contribution is 2.22. The Balaban J connectivity index is 1.56. The summed E-state index contributed by atoms with van der Waals surface area (Å²) in [5.41, 5.74) is 2.24. The molecule has 0 radical (unpaired) electrons. The number of carbonyl (C=O) groups is 3. The average molecular weight is 395 g/mol. The second kappa shape index (κ2) is 9.73. The van der Waals surface area contributed by atoms with E-state index in [9.17, 15) is 14.4 Å². The van der Waals surface area contributed by atoms with Crippen LogP contribution in [0.15, 0.2) is 54.6 Å². The molecule has 3 amide bonds. The molecular formula is C22H25N3O4. The molecule has 0 aromatic heterocycles. The Morgan fingerprint density at radius 2 is 1.79 bits per heavy atom. The maximum Gasteiger partial charge on any atom is 0.325 e. The normalized spacial score (nSPS) is 15.6. The predicted molar refractivity (Wildman–Crippen MR) is 110 cm³/mol. The molecule has 1 saturated heterocycles. The van der Waals surface area contributed by atoms with Crippen LogP contribution in [-0.4, -0.2) is 49.0 Å². The van der Waals surface area contributed by atoms with Gasteiger partial charge in [0, 0.05) is 23.8 Å². The molecule has 2 N–H and O–H groups in total. The topological polar surface area (TPSA) is 87.7 Å². The third-order valence-corrected chi connectivity index (χ3v) is 4.97. The van der Waals surface area contributed by atoms with Crippen LogP contribution in [0.5, 0.6) is 0 Å². The van der Waals surface area contributed by atoms with Crippen LogP contribution in [0, 0.1) is 0 Å². The van der Waals surface area contributed by atoms with Crippen molar-refractivity contribution in [1.82, 2.24) is 10.2 Å². The smallest absolute Gasteiger partial charge is 0.325 e. The number of nitrogens with one attached hydrogen (secondary N) is 2. The van der Waals surface area contributed by atoms with Gasteiger partial charge in [-0.05, 0) is 49.1 Å². The summed E-state index contributed by atoms with van der Waals surface area (Å²) in [4.78, 5) is 37.7. The number of urea groups is 1. The number of benzene rings is 2. The molecule has 1 aliphatic rings. The lowest BCUT2D eigenvalue weighted by atomic mass is 10.0. The van der Waals surface area contributed by atoms with Gasteiger partial charge in [-0.2, -0.15) is 0 Å². The quantitative estimate of drug-likeness (QED) is 0.737. The zero-order valence-corrected chi connectivity index (χ0v) is 16.4. The summed E-state index contributed by atoms with van der Waals surface area (Å²) >= 11 is 0. The molecule has 0 aliphatic carbocycles. The summed E-state index contributed by atoms with van der Waals surface area (Å²) in [6.07, 6.45) is 2.82. The SMILES string of the molecule is COC(=O)CNC(=O)c1ccc(NC(=O)N2CCC[C@H]2Cc2ccccc2)cc1. The zero-order valence-electron chi connectivity index (χ0n) is 16.4. The standard InChI is InChI=1S/C22H25N3O4/c1-29-20(26)15-23-21(27)17-9-11-18(12-10-17)24-22(28)25-13-5-8-19(25)14-16-6-3-2-4-7-16/h2-4,6-7,9-12,19H,5,8,13-15H2,1H3,(H,23,27)(H,24,28)/t19-/m0/s1. The van der Waals surface area contributed by atoms with Crippen molar-refractivity contribution in [2.24, 2.45) is 0 Å². The molecule has 1 atom stereocenters. The number of nitrogens with zero attached hydrogens (tertiary/aromatic N) is 1. The monoisotopic (exact) mass is 395 g/mol. The lowest BCUT2D eigenvalue weighted by Crippen LogP contribution is -2.39. The minimum absolute atomic E-state index is 0.133. The minimum atomic E-state index is -0.516. The molecule has 1 fully saturated rings. The van der Waals surface area contributed by atoms with Gasteiger partial charge in [-0.1, -0.05) is 30.3 Å². The van der Waals surface area contributed by atoms with Crippen LogP contribution in [0.25, 0.3) is 0 Å². The Labute approximate surface area is 170 Å². The molecule has 2 aromatic rings. The highest BCUT2D eigenvalue weighted by molar-refractivity contribution is 5.97. The van der Waals surface area contributed by atoms with Gasteiger partial charge < -0.3 is 20.3 Å². The van der Waals surface area contributed by atoms with E-state index >= 15 is 0 Å². The molecular weight excluding hydrogens is 370 g/mol. The van der Waals surface area contributed by atoms with Gasteiger partial charge in [0.25, 0.3) is 5.91 Å². The van der Waals surface area contributed by atoms with E-state index in [1.165, 1.54) is 12.7 Å². The lowest BCUT2D eigenvalue weighted by molar-refractivity contribution is -0.139. The summed E-state index contributed by atoms with van der Waals surface area (Å²) in [6, 6.07) is 16.8. The highest BCUT2D eigenvalue weighted by atomic mass is 16.5. The first kappa shape index (κ1) is 20.4. The molecule has 29 heavy (non-hydrogen) atoms. The minimum Gasteiger partial charge on any atom is -0.468 e. The van der Waals surface area contributed by atoms with Gasteiger partial charge in [0.05, 0.1) is 7.11 Å². The Bertz CT molecular complexity index is 852. The number of esters is 1. The summed E-state index contributed by atoms with van der Waals surface area (Å²) < 4.78 is 4.49. The molecule has 7 heteroatoms. The van der Waals surface area contributed by atoms with E-state index < -0.39 is 5.97 Å². The molecule has 3 rings (SSSR count). The molecule has 7 nitrogen and oxygen atoms in total. The summed E-state index contributed by atoms with van der Waals surface area (Å²) in [5, 5.41) is 5.38. The number of hydrogen-bond donors (Lipinski definition) is 2. The van der Waals surface area contributed by atoms with Crippen molar-refractivity contribution in [2.45, 2.75) is 25.3 Å². The number of hydrogen-bond acceptors (Lipinski definition) is 4. The Morgan fingerprint density at radius 1 is 1.07 bits per heavy atom. The molecule has 0 spiro atoms. The predicted octanol–water partition coefficient (Wildman–Crippen LogP) is 2.83. The van der Waals surface area contributed by atoms with Crippen molar-refractivity contribution < 1.29 is 19.1 Å². The van der Waals surface area contributed by atoms with Gasteiger partial charge in [-0.25, -0.2) is 4.79 Å². The largest absolute Gasteiger partial charge is 0.468 e. The first-order valence-corrected chi connectivity index (χ1v) is 9.63. The molecule has 1 aliphatic heterocycles. The third kappa shape index (κ3) is 5.57. The van der Waals surface area contributed by atoms with Crippen LogP contribution < -0.4 is 10.6 Å². The van der Waals surface area contributed by atoms with Crippen LogP contribution in [0.1, 0.15) is 28.8 Å². The number of carbonyl (C=O) groups excluding carboxylic acids is 3. The van der Waals surface area contributed by atoms with Gasteiger partial charge >= 0.3 is 12.0 Å². The fraction of sp³-hybridized carbons (Fsp3) is 0.318. The van der Waals surface area contributed by atoms with Gasteiger partial charge in [0.2, 0.25) is 0 Å². The molecule has 152 valence electrons. The van der Waals surface area contributed by atoms with E-state index in [-0.39, 0.29) is 24.5 Å². The summed E-state index contributed by atoms with van der Waals surface area (Å²) in [6.45, 7) is 0.545. The van der Waals surface area contributed by atoms with E-state index in [0.29, 0.717) is 11.3 Å². The van der Waals surface area contributed by atoms with Crippen molar-refractivity contribution in [3.05, 3.63) is 65.7 Å². The number of methoxy groups -OCH3 is 1. The third-order valence-electron chi connectivity index (χ3n) is 4.97. The first-order chi connectivity index (χ1) is 14.1. The maximum atomic E-state index is 12.7.